The molecule has 46 heavy (non-hydrogen) atoms. The number of thiophene rings is 1. The van der Waals surface area contributed by atoms with Crippen molar-refractivity contribution in [3.63, 3.8) is 0 Å². The van der Waals surface area contributed by atoms with E-state index >= 15 is 0 Å². The second kappa shape index (κ2) is 13.6. The van der Waals surface area contributed by atoms with Crippen LogP contribution in [-0.4, -0.2) is 33.5 Å². The van der Waals surface area contributed by atoms with E-state index in [0.717, 1.165) is 27.5 Å². The second-order valence-electron chi connectivity index (χ2n) is 11.3. The van der Waals surface area contributed by atoms with Gasteiger partial charge in [-0.3, -0.25) is 0 Å². The number of fused-ring (bicyclic) bond motifs is 1. The van der Waals surface area contributed by atoms with Crippen molar-refractivity contribution in [2.45, 2.75) is 40.9 Å². The highest BCUT2D eigenvalue weighted by molar-refractivity contribution is 8.37. The number of hydrogen-bond acceptors (Lipinski definition) is 6. The Hall–Kier alpha value is -3.69. The smallest absolute Gasteiger partial charge is 0.184 e. The van der Waals surface area contributed by atoms with Gasteiger partial charge in [0.1, 0.15) is 11.1 Å². The predicted octanol–water partition coefficient (Wildman–Crippen LogP) is 10.6. The van der Waals surface area contributed by atoms with Crippen LogP contribution in [0, 0.1) is 0 Å². The first-order chi connectivity index (χ1) is 22.6. The summed E-state index contributed by atoms with van der Waals surface area (Å²) in [6.45, 7) is 6.67. The highest BCUT2D eigenvalue weighted by Crippen LogP contribution is 2.78. The van der Waals surface area contributed by atoms with E-state index in [1.54, 1.807) is 7.11 Å². The lowest BCUT2D eigenvalue weighted by atomic mass is 10.1. The molecule has 0 spiro atoms. The van der Waals surface area contributed by atoms with Crippen LogP contribution in [0.5, 0.6) is 0 Å². The molecule has 3 heterocycles. The first kappa shape index (κ1) is 30.9. The van der Waals surface area contributed by atoms with Crippen LogP contribution in [-0.2, 0) is 18.9 Å². The van der Waals surface area contributed by atoms with E-state index in [0.29, 0.717) is 26.4 Å². The number of ether oxygens (including phenoxy) is 4. The molecule has 1 fully saturated rings. The number of rotatable bonds is 11. The Morgan fingerprint density at radius 3 is 2.13 bits per heavy atom. The number of allylic oxidation sites excluding steroid dienone is 1. The molecule has 5 nitrogen and oxygen atoms in total. The zero-order valence-corrected chi connectivity index (χ0v) is 28.1. The van der Waals surface area contributed by atoms with Gasteiger partial charge >= 0.3 is 0 Å². The Morgan fingerprint density at radius 2 is 1.50 bits per heavy atom. The fraction of sp³-hybridized carbons (Fsp3) is 0.231. The van der Waals surface area contributed by atoms with Gasteiger partial charge in [0.2, 0.25) is 0 Å². The largest absolute Gasteiger partial charge is 0.382 e. The van der Waals surface area contributed by atoms with Crippen LogP contribution in [0.4, 0.5) is 16.4 Å². The van der Waals surface area contributed by atoms with E-state index in [1.165, 1.54) is 24.5 Å². The summed E-state index contributed by atoms with van der Waals surface area (Å²) in [6.07, 6.45) is 1.95. The molecule has 1 atom stereocenters. The molecule has 0 bridgehead atoms. The monoisotopic (exact) mass is 649 g/mol. The van der Waals surface area contributed by atoms with Crippen molar-refractivity contribution < 1.29 is 18.9 Å². The normalized spacial score (nSPS) is 17.0. The molecule has 1 saturated heterocycles. The summed E-state index contributed by atoms with van der Waals surface area (Å²) in [5, 5.41) is 1.16. The van der Waals surface area contributed by atoms with Gasteiger partial charge in [0, 0.05) is 50.2 Å². The molecule has 5 aromatic rings. The Bertz CT molecular complexity index is 1750. The van der Waals surface area contributed by atoms with Crippen LogP contribution < -0.4 is 4.90 Å². The summed E-state index contributed by atoms with van der Waals surface area (Å²) in [5.41, 5.74) is 4.24. The van der Waals surface area contributed by atoms with Crippen molar-refractivity contribution in [2.75, 3.05) is 38.4 Å². The fourth-order valence-electron chi connectivity index (χ4n) is 6.48. The first-order valence-corrected chi connectivity index (χ1v) is 18.2. The van der Waals surface area contributed by atoms with E-state index in [2.05, 4.69) is 133 Å². The molecular weight excluding hydrogens is 611 g/mol. The summed E-state index contributed by atoms with van der Waals surface area (Å²) >= 11 is 1.84. The van der Waals surface area contributed by atoms with Crippen molar-refractivity contribution in [2.24, 2.45) is 0 Å². The molecule has 1 unspecified atom stereocenters. The summed E-state index contributed by atoms with van der Waals surface area (Å²) in [7, 11) is 0.103. The summed E-state index contributed by atoms with van der Waals surface area (Å²) in [5.74, 6) is 0. The lowest BCUT2D eigenvalue weighted by Gasteiger charge is -2.39. The highest BCUT2D eigenvalue weighted by Gasteiger charge is 2.40. The molecule has 4 aromatic carbocycles. The molecule has 7 rings (SSSR count). The number of methoxy groups -OCH3 is 1. The van der Waals surface area contributed by atoms with Crippen LogP contribution >= 0.6 is 21.4 Å². The van der Waals surface area contributed by atoms with Crippen molar-refractivity contribution in [1.29, 1.82) is 0 Å². The Labute approximate surface area is 277 Å². The maximum atomic E-state index is 6.00. The Balaban J connectivity index is 1.38. The number of hydrogen-bond donors (Lipinski definition) is 0. The summed E-state index contributed by atoms with van der Waals surface area (Å²) in [6, 6.07) is 41.7. The van der Waals surface area contributed by atoms with Crippen molar-refractivity contribution >= 4 is 43.8 Å². The highest BCUT2D eigenvalue weighted by atomic mass is 32.3. The molecule has 0 radical (unpaired) electrons. The number of benzene rings is 4. The topological polar surface area (TPSA) is 40.2 Å². The van der Waals surface area contributed by atoms with E-state index in [9.17, 15) is 0 Å². The van der Waals surface area contributed by atoms with Crippen molar-refractivity contribution in [3.8, 4) is 0 Å². The lowest BCUT2D eigenvalue weighted by Crippen LogP contribution is -2.12. The van der Waals surface area contributed by atoms with Gasteiger partial charge in [0.05, 0.1) is 19.8 Å². The fourth-order valence-corrected chi connectivity index (χ4v) is 12.2. The van der Waals surface area contributed by atoms with Gasteiger partial charge in [0.15, 0.2) is 6.29 Å². The van der Waals surface area contributed by atoms with E-state index in [-0.39, 0.29) is 12.4 Å². The van der Waals surface area contributed by atoms with Gasteiger partial charge in [-0.25, -0.2) is 0 Å². The average molecular weight is 650 g/mol. The maximum Gasteiger partial charge on any atom is 0.184 e. The maximum absolute atomic E-state index is 6.00. The minimum absolute atomic E-state index is 0.114. The standard InChI is InChI=1S/C39H39NO4S2/c1-4-42-35(27-41-3)29-18-20-31(21-19-29)40(32-13-11-12-30(25-32)39-43-22-23-44-39)38-26-37-36(45-38)24-28(2)46(37,33-14-7-5-8-15-33)34-16-9-6-10-17-34/h5-21,24-26,35,39H,4,22-23,27H2,1-3H3. The summed E-state index contributed by atoms with van der Waals surface area (Å²) < 4.78 is 23.2. The van der Waals surface area contributed by atoms with Gasteiger partial charge in [-0.05, 0) is 85.0 Å². The first-order valence-electron chi connectivity index (χ1n) is 15.7. The average Bonchev–Trinajstić information content (AvgIpc) is 3.84. The van der Waals surface area contributed by atoms with E-state index in [4.69, 9.17) is 18.9 Å². The van der Waals surface area contributed by atoms with Crippen LogP contribution in [0.15, 0.2) is 135 Å². The Morgan fingerprint density at radius 1 is 0.826 bits per heavy atom. The van der Waals surface area contributed by atoms with Gasteiger partial charge < -0.3 is 23.8 Å². The Kier molecular flexibility index (Phi) is 9.13. The van der Waals surface area contributed by atoms with Crippen LogP contribution in [0.1, 0.15) is 42.2 Å². The molecule has 0 saturated carbocycles. The number of nitrogens with zero attached hydrogens (tertiary/aromatic N) is 1. The molecule has 1 aromatic heterocycles. The third-order valence-corrected chi connectivity index (χ3v) is 13.7. The molecular formula is C39H39NO4S2. The molecule has 2 aliphatic heterocycles. The third-order valence-electron chi connectivity index (χ3n) is 8.50. The van der Waals surface area contributed by atoms with Gasteiger partial charge in [-0.2, -0.15) is 0 Å². The minimum Gasteiger partial charge on any atom is -0.382 e. The second-order valence-corrected chi connectivity index (χ2v) is 15.6. The lowest BCUT2D eigenvalue weighted by molar-refractivity contribution is -0.0440. The number of anilines is 3. The molecule has 2 aliphatic rings. The zero-order chi connectivity index (χ0) is 31.5. The van der Waals surface area contributed by atoms with Gasteiger partial charge in [0.25, 0.3) is 0 Å². The molecule has 0 N–H and O–H groups in total. The van der Waals surface area contributed by atoms with Gasteiger partial charge in [-0.1, -0.05) is 60.7 Å². The summed E-state index contributed by atoms with van der Waals surface area (Å²) in [4.78, 5) is 9.18. The quantitative estimate of drug-likeness (QED) is 0.142. The third kappa shape index (κ3) is 5.62. The SMILES string of the molecule is CCOC(COC)c1ccc(N(c2cccc(C3OCCO3)c2)c2cc3c(s2)C=C(C)S3(c2ccccc2)c2ccccc2)cc1. The minimum atomic E-state index is -1.61. The zero-order valence-electron chi connectivity index (χ0n) is 26.4. The van der Waals surface area contributed by atoms with Crippen LogP contribution in [0.3, 0.4) is 0 Å². The van der Waals surface area contributed by atoms with Crippen LogP contribution in [0.2, 0.25) is 0 Å². The van der Waals surface area contributed by atoms with E-state index in [1.807, 2.05) is 18.3 Å². The van der Waals surface area contributed by atoms with Gasteiger partial charge in [-0.15, -0.1) is 21.4 Å². The molecule has 7 heteroatoms. The molecule has 0 aliphatic carbocycles. The van der Waals surface area contributed by atoms with Crippen molar-refractivity contribution in [3.05, 3.63) is 136 Å². The molecule has 0 amide bonds. The predicted molar refractivity (Wildman–Crippen MR) is 189 cm³/mol. The van der Waals surface area contributed by atoms with Crippen molar-refractivity contribution in [1.82, 2.24) is 0 Å². The van der Waals surface area contributed by atoms with Crippen LogP contribution in [0.25, 0.3) is 6.08 Å². The van der Waals surface area contributed by atoms with E-state index < -0.39 is 10.0 Å². The molecule has 236 valence electrons.